The van der Waals surface area contributed by atoms with Crippen LogP contribution in [-0.2, 0) is 4.74 Å². The van der Waals surface area contributed by atoms with Crippen molar-refractivity contribution in [3.63, 3.8) is 0 Å². The minimum atomic E-state index is 0.0868. The van der Waals surface area contributed by atoms with Crippen molar-refractivity contribution in [2.45, 2.75) is 81.7 Å². The molecule has 0 aromatic rings. The average Bonchev–Trinajstić information content (AvgIpc) is 2.29. The first kappa shape index (κ1) is 16.7. The van der Waals surface area contributed by atoms with Gasteiger partial charge >= 0.3 is 0 Å². The molecule has 2 atom stereocenters. The van der Waals surface area contributed by atoms with E-state index in [9.17, 15) is 0 Å². The van der Waals surface area contributed by atoms with Crippen LogP contribution in [0.3, 0.4) is 0 Å². The second-order valence-electron chi connectivity index (χ2n) is 4.94. The average molecular weight is 340 g/mol. The maximum Gasteiger partial charge on any atom is 0.0767 e. The van der Waals surface area contributed by atoms with Crippen molar-refractivity contribution < 1.29 is 4.74 Å². The van der Waals surface area contributed by atoms with Crippen molar-refractivity contribution in [3.8, 4) is 0 Å². The summed E-state index contributed by atoms with van der Waals surface area (Å²) in [5.74, 6) is 0. The smallest absolute Gasteiger partial charge is 0.0767 e. The van der Waals surface area contributed by atoms with E-state index in [1.807, 2.05) is 7.11 Å². The highest BCUT2D eigenvalue weighted by Gasteiger charge is 2.31. The van der Waals surface area contributed by atoms with E-state index < -0.39 is 0 Å². The van der Waals surface area contributed by atoms with Crippen molar-refractivity contribution in [2.24, 2.45) is 0 Å². The zero-order chi connectivity index (χ0) is 12.4. The highest BCUT2D eigenvalue weighted by atomic mass is 127. The molecule has 0 aliphatic rings. The van der Waals surface area contributed by atoms with E-state index in [1.165, 1.54) is 51.4 Å². The van der Waals surface area contributed by atoms with Crippen LogP contribution >= 0.6 is 22.6 Å². The summed E-state index contributed by atoms with van der Waals surface area (Å²) in [6.07, 6.45) is 10.4. The number of hydrogen-bond donors (Lipinski definition) is 0. The molecule has 0 amide bonds. The fraction of sp³-hybridized carbons (Fsp3) is 1.00. The van der Waals surface area contributed by atoms with Gasteiger partial charge in [0.05, 0.1) is 5.60 Å². The summed E-state index contributed by atoms with van der Waals surface area (Å²) in [7, 11) is 1.87. The fourth-order valence-corrected chi connectivity index (χ4v) is 3.00. The molecule has 0 aromatic carbocycles. The first-order valence-corrected chi connectivity index (χ1v) is 8.04. The molecule has 0 radical (unpaired) electrons. The number of ether oxygens (including phenoxy) is 1. The van der Waals surface area contributed by atoms with Crippen molar-refractivity contribution >= 4 is 22.6 Å². The summed E-state index contributed by atoms with van der Waals surface area (Å²) in [5, 5.41) is 0. The van der Waals surface area contributed by atoms with Gasteiger partial charge in [-0.25, -0.2) is 0 Å². The van der Waals surface area contributed by atoms with Gasteiger partial charge in [0, 0.05) is 11.0 Å². The lowest BCUT2D eigenvalue weighted by atomic mass is 9.91. The maximum atomic E-state index is 5.77. The summed E-state index contributed by atoms with van der Waals surface area (Å²) >= 11 is 2.59. The lowest BCUT2D eigenvalue weighted by molar-refractivity contribution is -0.00281. The monoisotopic (exact) mass is 340 g/mol. The molecule has 0 N–H and O–H groups in total. The van der Waals surface area contributed by atoms with Crippen LogP contribution in [0.15, 0.2) is 0 Å². The Morgan fingerprint density at radius 1 is 1.06 bits per heavy atom. The second-order valence-corrected chi connectivity index (χ2v) is 6.44. The molecule has 0 heterocycles. The maximum absolute atomic E-state index is 5.77. The van der Waals surface area contributed by atoms with Gasteiger partial charge in [0.15, 0.2) is 0 Å². The summed E-state index contributed by atoms with van der Waals surface area (Å²) in [4.78, 5) is 0. The van der Waals surface area contributed by atoms with E-state index in [0.29, 0.717) is 3.92 Å². The molecule has 2 heteroatoms. The van der Waals surface area contributed by atoms with Crippen LogP contribution in [0.2, 0.25) is 0 Å². The Bertz CT molecular complexity index is 161. The van der Waals surface area contributed by atoms with Gasteiger partial charge in [-0.05, 0) is 19.8 Å². The van der Waals surface area contributed by atoms with Gasteiger partial charge in [-0.2, -0.15) is 0 Å². The van der Waals surface area contributed by atoms with E-state index >= 15 is 0 Å². The van der Waals surface area contributed by atoms with Crippen LogP contribution in [0.4, 0.5) is 0 Å². The third kappa shape index (κ3) is 6.43. The van der Waals surface area contributed by atoms with Gasteiger partial charge in [0.25, 0.3) is 0 Å². The first-order valence-electron chi connectivity index (χ1n) is 6.80. The molecule has 0 fully saturated rings. The number of hydrogen-bond acceptors (Lipinski definition) is 1. The van der Waals surface area contributed by atoms with E-state index in [0.717, 1.165) is 0 Å². The second kappa shape index (κ2) is 9.69. The molecule has 0 saturated carbocycles. The number of methoxy groups -OCH3 is 1. The lowest BCUT2D eigenvalue weighted by Gasteiger charge is -2.33. The molecule has 98 valence electrons. The molecule has 0 aromatic heterocycles. The van der Waals surface area contributed by atoms with E-state index in [1.54, 1.807) is 0 Å². The topological polar surface area (TPSA) is 9.23 Å². The number of halogens is 1. The van der Waals surface area contributed by atoms with Gasteiger partial charge in [-0.15, -0.1) is 0 Å². The number of alkyl halides is 1. The molecule has 0 aliphatic heterocycles. The van der Waals surface area contributed by atoms with Crippen molar-refractivity contribution in [2.75, 3.05) is 7.11 Å². The molecule has 1 nitrogen and oxygen atoms in total. The molecule has 0 bridgehead atoms. The molecular formula is C14H29IO. The lowest BCUT2D eigenvalue weighted by Crippen LogP contribution is -2.37. The summed E-state index contributed by atoms with van der Waals surface area (Å²) < 4.78 is 6.42. The SMILES string of the molecule is CCCCC[C@@H](I)[C@@](C)(CCCCC)OC. The Balaban J connectivity index is 3.99. The minimum absolute atomic E-state index is 0.0868. The van der Waals surface area contributed by atoms with Gasteiger partial charge < -0.3 is 4.74 Å². The number of rotatable bonds is 10. The van der Waals surface area contributed by atoms with Gasteiger partial charge in [0.1, 0.15) is 0 Å². The predicted molar refractivity (Wildman–Crippen MR) is 81.5 cm³/mol. The normalized spacial score (nSPS) is 17.1. The van der Waals surface area contributed by atoms with Crippen molar-refractivity contribution in [1.29, 1.82) is 0 Å². The van der Waals surface area contributed by atoms with Gasteiger partial charge in [-0.3, -0.25) is 0 Å². The van der Waals surface area contributed by atoms with Crippen LogP contribution in [0, 0.1) is 0 Å². The van der Waals surface area contributed by atoms with Crippen LogP contribution in [0.25, 0.3) is 0 Å². The first-order chi connectivity index (χ1) is 7.60. The highest BCUT2D eigenvalue weighted by molar-refractivity contribution is 14.1. The molecular weight excluding hydrogens is 311 g/mol. The summed E-state index contributed by atoms with van der Waals surface area (Å²) in [6, 6.07) is 0. The van der Waals surface area contributed by atoms with Crippen LogP contribution in [0.5, 0.6) is 0 Å². The standard InChI is InChI=1S/C14H29IO/c1-5-7-9-11-13(15)14(3,16-4)12-10-8-6-2/h13H,5-12H2,1-4H3/t13-,14-/m1/s1. The summed E-state index contributed by atoms with van der Waals surface area (Å²) in [6.45, 7) is 6.80. The molecule has 16 heavy (non-hydrogen) atoms. The minimum Gasteiger partial charge on any atom is -0.377 e. The third-order valence-corrected chi connectivity index (χ3v) is 5.41. The van der Waals surface area contributed by atoms with E-state index in [-0.39, 0.29) is 5.60 Å². The Labute approximate surface area is 116 Å². The quantitative estimate of drug-likeness (QED) is 0.296. The van der Waals surface area contributed by atoms with E-state index in [4.69, 9.17) is 4.74 Å². The molecule has 0 unspecified atom stereocenters. The van der Waals surface area contributed by atoms with Crippen LogP contribution in [-0.4, -0.2) is 16.6 Å². The Morgan fingerprint density at radius 3 is 2.12 bits per heavy atom. The fourth-order valence-electron chi connectivity index (χ4n) is 1.99. The van der Waals surface area contributed by atoms with Crippen LogP contribution in [0.1, 0.15) is 72.1 Å². The van der Waals surface area contributed by atoms with Crippen molar-refractivity contribution in [3.05, 3.63) is 0 Å². The van der Waals surface area contributed by atoms with Gasteiger partial charge in [-0.1, -0.05) is 75.0 Å². The number of unbranched alkanes of at least 4 members (excludes halogenated alkanes) is 4. The molecule has 0 spiro atoms. The Morgan fingerprint density at radius 2 is 1.62 bits per heavy atom. The largest absolute Gasteiger partial charge is 0.377 e. The molecule has 0 aliphatic carbocycles. The predicted octanol–water partition coefficient (Wildman–Crippen LogP) is 5.36. The van der Waals surface area contributed by atoms with Crippen molar-refractivity contribution in [1.82, 2.24) is 0 Å². The van der Waals surface area contributed by atoms with Gasteiger partial charge in [0.2, 0.25) is 0 Å². The van der Waals surface area contributed by atoms with E-state index in [2.05, 4.69) is 43.4 Å². The molecule has 0 rings (SSSR count). The third-order valence-electron chi connectivity index (χ3n) is 3.47. The highest BCUT2D eigenvalue weighted by Crippen LogP contribution is 2.31. The molecule has 0 saturated heterocycles. The zero-order valence-electron chi connectivity index (χ0n) is 11.5. The summed E-state index contributed by atoms with van der Waals surface area (Å²) in [5.41, 5.74) is 0.0868. The zero-order valence-corrected chi connectivity index (χ0v) is 13.7. The van der Waals surface area contributed by atoms with Crippen LogP contribution < -0.4 is 0 Å². The Hall–Kier alpha value is 0.690. The Kier molecular flexibility index (Phi) is 10.1.